The monoisotopic (exact) mass is 206 g/mol. The molecule has 0 amide bonds. The summed E-state index contributed by atoms with van der Waals surface area (Å²) in [5, 5.41) is 0. The molecule has 1 saturated heterocycles. The molecule has 15 heavy (non-hydrogen) atoms. The molecule has 0 N–H and O–H groups in total. The molecule has 0 aromatic heterocycles. The molecule has 80 valence electrons. The van der Waals surface area contributed by atoms with Crippen molar-refractivity contribution < 1.29 is 14.3 Å². The van der Waals surface area contributed by atoms with Crippen LogP contribution in [0.25, 0.3) is 0 Å². The maximum Gasteiger partial charge on any atom is 0.338 e. The average Bonchev–Trinajstić information content (AvgIpc) is 2.71. The van der Waals surface area contributed by atoms with E-state index in [-0.39, 0.29) is 12.1 Å². The number of benzene rings is 1. The third-order valence-corrected chi connectivity index (χ3v) is 2.45. The molecule has 1 aromatic rings. The van der Waals surface area contributed by atoms with E-state index in [0.29, 0.717) is 18.8 Å². The number of carbonyl (C=O) groups excluding carboxylic acids is 1. The molecular formula is C12H14O3. The van der Waals surface area contributed by atoms with Gasteiger partial charge in [-0.2, -0.15) is 0 Å². The lowest BCUT2D eigenvalue weighted by Gasteiger charge is -2.09. The fourth-order valence-corrected chi connectivity index (χ4v) is 1.51. The first-order valence-electron chi connectivity index (χ1n) is 5.11. The van der Waals surface area contributed by atoms with Crippen molar-refractivity contribution in [3.63, 3.8) is 0 Å². The average molecular weight is 206 g/mol. The van der Waals surface area contributed by atoms with Crippen LogP contribution in [0, 0.1) is 6.92 Å². The molecule has 0 radical (unpaired) electrons. The highest BCUT2D eigenvalue weighted by Gasteiger charge is 2.20. The van der Waals surface area contributed by atoms with Crippen LogP contribution in [0.15, 0.2) is 24.3 Å². The Hall–Kier alpha value is -1.35. The number of aryl methyl sites for hydroxylation is 1. The SMILES string of the molecule is Cc1ccc(C(=O)OC2CCOC2)cc1. The van der Waals surface area contributed by atoms with Gasteiger partial charge in [-0.15, -0.1) is 0 Å². The Morgan fingerprint density at radius 3 is 2.73 bits per heavy atom. The van der Waals surface area contributed by atoms with Gasteiger partial charge in [0.05, 0.1) is 18.8 Å². The fourth-order valence-electron chi connectivity index (χ4n) is 1.51. The van der Waals surface area contributed by atoms with Gasteiger partial charge in [-0.05, 0) is 19.1 Å². The van der Waals surface area contributed by atoms with Crippen LogP contribution in [-0.4, -0.2) is 25.3 Å². The van der Waals surface area contributed by atoms with Crippen LogP contribution in [0.5, 0.6) is 0 Å². The predicted octanol–water partition coefficient (Wildman–Crippen LogP) is 1.94. The summed E-state index contributed by atoms with van der Waals surface area (Å²) in [7, 11) is 0. The van der Waals surface area contributed by atoms with Crippen LogP contribution in [0.3, 0.4) is 0 Å². The van der Waals surface area contributed by atoms with E-state index in [2.05, 4.69) is 0 Å². The lowest BCUT2D eigenvalue weighted by molar-refractivity contribution is 0.0270. The summed E-state index contributed by atoms with van der Waals surface area (Å²) in [6, 6.07) is 7.38. The second-order valence-corrected chi connectivity index (χ2v) is 3.76. The zero-order valence-corrected chi connectivity index (χ0v) is 8.73. The number of hydrogen-bond donors (Lipinski definition) is 0. The fraction of sp³-hybridized carbons (Fsp3) is 0.417. The molecule has 2 rings (SSSR count). The van der Waals surface area contributed by atoms with Crippen LogP contribution in [-0.2, 0) is 9.47 Å². The Balaban J connectivity index is 1.98. The third-order valence-electron chi connectivity index (χ3n) is 2.45. The first-order chi connectivity index (χ1) is 7.25. The third kappa shape index (κ3) is 2.57. The molecule has 0 bridgehead atoms. The summed E-state index contributed by atoms with van der Waals surface area (Å²) in [5.41, 5.74) is 1.74. The van der Waals surface area contributed by atoms with Crippen LogP contribution < -0.4 is 0 Å². The summed E-state index contributed by atoms with van der Waals surface area (Å²) >= 11 is 0. The van der Waals surface area contributed by atoms with Gasteiger partial charge in [0.25, 0.3) is 0 Å². The topological polar surface area (TPSA) is 35.5 Å². The van der Waals surface area contributed by atoms with E-state index in [1.54, 1.807) is 12.1 Å². The quantitative estimate of drug-likeness (QED) is 0.694. The first kappa shape index (κ1) is 10.2. The van der Waals surface area contributed by atoms with E-state index < -0.39 is 0 Å². The van der Waals surface area contributed by atoms with Crippen molar-refractivity contribution in [2.24, 2.45) is 0 Å². The van der Waals surface area contributed by atoms with Crippen molar-refractivity contribution in [2.45, 2.75) is 19.4 Å². The smallest absolute Gasteiger partial charge is 0.338 e. The van der Waals surface area contributed by atoms with Crippen LogP contribution in [0.4, 0.5) is 0 Å². The summed E-state index contributed by atoms with van der Waals surface area (Å²) in [6.45, 7) is 3.20. The molecule has 0 aliphatic carbocycles. The standard InChI is InChI=1S/C12H14O3/c1-9-2-4-10(5-3-9)12(13)15-11-6-7-14-8-11/h2-5,11H,6-8H2,1H3. The van der Waals surface area contributed by atoms with Gasteiger partial charge >= 0.3 is 5.97 Å². The van der Waals surface area contributed by atoms with Crippen molar-refractivity contribution in [2.75, 3.05) is 13.2 Å². The molecule has 3 heteroatoms. The van der Waals surface area contributed by atoms with Crippen molar-refractivity contribution in [3.05, 3.63) is 35.4 Å². The van der Waals surface area contributed by atoms with Crippen molar-refractivity contribution in [1.29, 1.82) is 0 Å². The minimum absolute atomic E-state index is 0.0706. The Bertz CT molecular complexity index is 336. The molecule has 1 unspecified atom stereocenters. The summed E-state index contributed by atoms with van der Waals surface area (Å²) in [5.74, 6) is -0.259. The van der Waals surface area contributed by atoms with E-state index in [0.717, 1.165) is 12.0 Å². The number of rotatable bonds is 2. The Labute approximate surface area is 89.0 Å². The minimum atomic E-state index is -0.259. The van der Waals surface area contributed by atoms with Gasteiger partial charge in [0.1, 0.15) is 6.10 Å². The lowest BCUT2D eigenvalue weighted by Crippen LogP contribution is -2.17. The number of ether oxygens (including phenoxy) is 2. The van der Waals surface area contributed by atoms with Gasteiger partial charge in [0.2, 0.25) is 0 Å². The molecular weight excluding hydrogens is 192 g/mol. The van der Waals surface area contributed by atoms with Crippen LogP contribution in [0.1, 0.15) is 22.3 Å². The predicted molar refractivity (Wildman–Crippen MR) is 55.8 cm³/mol. The summed E-state index contributed by atoms with van der Waals surface area (Å²) in [4.78, 5) is 11.6. The highest BCUT2D eigenvalue weighted by Crippen LogP contribution is 2.12. The molecule has 1 atom stereocenters. The van der Waals surface area contributed by atoms with E-state index in [1.807, 2.05) is 19.1 Å². The van der Waals surface area contributed by atoms with Gasteiger partial charge in [-0.1, -0.05) is 17.7 Å². The Kier molecular flexibility index (Phi) is 3.02. The zero-order valence-electron chi connectivity index (χ0n) is 8.73. The molecule has 0 spiro atoms. The highest BCUT2D eigenvalue weighted by atomic mass is 16.6. The van der Waals surface area contributed by atoms with E-state index in [4.69, 9.17) is 9.47 Å². The number of esters is 1. The maximum absolute atomic E-state index is 11.6. The highest BCUT2D eigenvalue weighted by molar-refractivity contribution is 5.89. The zero-order chi connectivity index (χ0) is 10.7. The maximum atomic E-state index is 11.6. The second kappa shape index (κ2) is 4.45. The molecule has 0 saturated carbocycles. The van der Waals surface area contributed by atoms with Crippen LogP contribution >= 0.6 is 0 Å². The van der Waals surface area contributed by atoms with Gasteiger partial charge in [0, 0.05) is 6.42 Å². The molecule has 1 aliphatic heterocycles. The van der Waals surface area contributed by atoms with Gasteiger partial charge < -0.3 is 9.47 Å². The molecule has 1 aromatic carbocycles. The van der Waals surface area contributed by atoms with E-state index in [1.165, 1.54) is 0 Å². The number of carbonyl (C=O) groups is 1. The van der Waals surface area contributed by atoms with E-state index >= 15 is 0 Å². The van der Waals surface area contributed by atoms with Gasteiger partial charge in [-0.25, -0.2) is 4.79 Å². The first-order valence-corrected chi connectivity index (χ1v) is 5.11. The minimum Gasteiger partial charge on any atom is -0.456 e. The molecule has 1 aliphatic rings. The molecule has 1 heterocycles. The lowest BCUT2D eigenvalue weighted by atomic mass is 10.1. The summed E-state index contributed by atoms with van der Waals surface area (Å²) < 4.78 is 10.4. The van der Waals surface area contributed by atoms with Crippen molar-refractivity contribution in [3.8, 4) is 0 Å². The van der Waals surface area contributed by atoms with Crippen molar-refractivity contribution >= 4 is 5.97 Å². The molecule has 1 fully saturated rings. The van der Waals surface area contributed by atoms with Gasteiger partial charge in [-0.3, -0.25) is 0 Å². The van der Waals surface area contributed by atoms with Gasteiger partial charge in [0.15, 0.2) is 0 Å². The second-order valence-electron chi connectivity index (χ2n) is 3.76. The Morgan fingerprint density at radius 2 is 2.13 bits per heavy atom. The summed E-state index contributed by atoms with van der Waals surface area (Å²) in [6.07, 6.45) is 0.733. The van der Waals surface area contributed by atoms with E-state index in [9.17, 15) is 4.79 Å². The Morgan fingerprint density at radius 1 is 1.40 bits per heavy atom. The molecule has 3 nitrogen and oxygen atoms in total. The number of hydrogen-bond acceptors (Lipinski definition) is 3. The largest absolute Gasteiger partial charge is 0.456 e. The normalized spacial score (nSPS) is 20.2. The van der Waals surface area contributed by atoms with Crippen molar-refractivity contribution in [1.82, 2.24) is 0 Å². The van der Waals surface area contributed by atoms with Crippen LogP contribution in [0.2, 0.25) is 0 Å².